The van der Waals surface area contributed by atoms with Gasteiger partial charge < -0.3 is 15.2 Å². The first kappa shape index (κ1) is 14.0. The van der Waals surface area contributed by atoms with Crippen LogP contribution >= 0.6 is 0 Å². The third-order valence-electron chi connectivity index (χ3n) is 2.52. The fourth-order valence-electron chi connectivity index (χ4n) is 1.53. The Morgan fingerprint density at radius 3 is 2.65 bits per heavy atom. The molecule has 2 aromatic rings. The van der Waals surface area contributed by atoms with Gasteiger partial charge in [-0.15, -0.1) is 0 Å². The van der Waals surface area contributed by atoms with Crippen LogP contribution in [0.1, 0.15) is 17.3 Å². The fourth-order valence-corrected chi connectivity index (χ4v) is 1.53. The number of ether oxygens (including phenoxy) is 1. The van der Waals surface area contributed by atoms with Crippen LogP contribution in [-0.2, 0) is 0 Å². The lowest BCUT2D eigenvalue weighted by molar-refractivity contribution is 0.0923. The van der Waals surface area contributed by atoms with Gasteiger partial charge in [-0.25, -0.2) is 4.98 Å². The maximum Gasteiger partial charge on any atom is 0.252 e. The maximum absolute atomic E-state index is 11.7. The first-order valence-electron chi connectivity index (χ1n) is 6.30. The lowest BCUT2D eigenvalue weighted by Crippen LogP contribution is -2.30. The lowest BCUT2D eigenvalue weighted by atomic mass is 10.2. The quantitative estimate of drug-likeness (QED) is 0.873. The highest BCUT2D eigenvalue weighted by atomic mass is 16.5. The summed E-state index contributed by atoms with van der Waals surface area (Å²) >= 11 is 0. The molecule has 0 bridgehead atoms. The summed E-state index contributed by atoms with van der Waals surface area (Å²) in [6.07, 6.45) is 0.864. The zero-order chi connectivity index (χ0) is 14.4. The number of nitrogens with zero attached hydrogens (tertiary/aromatic N) is 1. The number of aliphatic hydroxyl groups is 1. The number of aliphatic hydroxyl groups excluding tert-OH is 1. The number of hydrogen-bond donors (Lipinski definition) is 2. The highest BCUT2D eigenvalue weighted by Gasteiger charge is 2.07. The molecule has 1 heterocycles. The second-order valence-electron chi connectivity index (χ2n) is 4.36. The third kappa shape index (κ3) is 4.07. The third-order valence-corrected chi connectivity index (χ3v) is 2.52. The minimum Gasteiger partial charge on any atom is -0.439 e. The van der Waals surface area contributed by atoms with Crippen molar-refractivity contribution in [3.63, 3.8) is 0 Å². The Hall–Kier alpha value is -2.40. The predicted octanol–water partition coefficient (Wildman–Crippen LogP) is 1.98. The van der Waals surface area contributed by atoms with Gasteiger partial charge in [0, 0.05) is 18.8 Å². The van der Waals surface area contributed by atoms with Gasteiger partial charge >= 0.3 is 0 Å². The molecule has 1 aromatic carbocycles. The van der Waals surface area contributed by atoms with Crippen LogP contribution in [0.2, 0.25) is 0 Å². The largest absolute Gasteiger partial charge is 0.439 e. The van der Waals surface area contributed by atoms with E-state index < -0.39 is 6.10 Å². The number of carbonyl (C=O) groups excluding carboxylic acids is 1. The zero-order valence-electron chi connectivity index (χ0n) is 11.1. The van der Waals surface area contributed by atoms with E-state index in [1.165, 1.54) is 6.20 Å². The summed E-state index contributed by atoms with van der Waals surface area (Å²) < 4.78 is 5.53. The number of benzene rings is 1. The second-order valence-corrected chi connectivity index (χ2v) is 4.36. The van der Waals surface area contributed by atoms with Gasteiger partial charge in [0.15, 0.2) is 0 Å². The van der Waals surface area contributed by atoms with Crippen LogP contribution in [0.5, 0.6) is 11.6 Å². The summed E-state index contributed by atoms with van der Waals surface area (Å²) in [6, 6.07) is 12.5. The zero-order valence-corrected chi connectivity index (χ0v) is 11.1. The van der Waals surface area contributed by atoms with E-state index in [9.17, 15) is 4.79 Å². The molecule has 1 atom stereocenters. The molecule has 104 valence electrons. The van der Waals surface area contributed by atoms with Crippen LogP contribution in [0.15, 0.2) is 48.7 Å². The van der Waals surface area contributed by atoms with E-state index in [2.05, 4.69) is 10.3 Å². The minimum atomic E-state index is -0.576. The molecular weight excluding hydrogens is 256 g/mol. The van der Waals surface area contributed by atoms with Crippen molar-refractivity contribution in [2.45, 2.75) is 13.0 Å². The molecule has 1 aromatic heterocycles. The summed E-state index contributed by atoms with van der Waals surface area (Å²) in [6.45, 7) is 1.82. The number of pyridine rings is 1. The molecule has 0 saturated carbocycles. The monoisotopic (exact) mass is 272 g/mol. The molecule has 0 aliphatic carbocycles. The molecule has 0 fully saturated rings. The van der Waals surface area contributed by atoms with Crippen LogP contribution in [0.3, 0.4) is 0 Å². The average Bonchev–Trinajstić information content (AvgIpc) is 2.46. The van der Waals surface area contributed by atoms with Crippen molar-refractivity contribution in [2.75, 3.05) is 6.54 Å². The molecule has 1 amide bonds. The molecule has 0 aliphatic heterocycles. The van der Waals surface area contributed by atoms with Crippen LogP contribution in [0.25, 0.3) is 0 Å². The number of hydrogen-bond acceptors (Lipinski definition) is 4. The van der Waals surface area contributed by atoms with Crippen molar-refractivity contribution in [3.05, 3.63) is 54.2 Å². The molecule has 0 spiro atoms. The highest BCUT2D eigenvalue weighted by Crippen LogP contribution is 2.18. The van der Waals surface area contributed by atoms with Gasteiger partial charge in [0.25, 0.3) is 5.91 Å². The van der Waals surface area contributed by atoms with Crippen LogP contribution < -0.4 is 10.1 Å². The lowest BCUT2D eigenvalue weighted by Gasteiger charge is -2.08. The molecular formula is C15H16N2O3. The highest BCUT2D eigenvalue weighted by molar-refractivity contribution is 5.93. The van der Waals surface area contributed by atoms with Crippen LogP contribution in [-0.4, -0.2) is 28.6 Å². The summed E-state index contributed by atoms with van der Waals surface area (Å²) in [5, 5.41) is 11.7. The maximum atomic E-state index is 11.7. The topological polar surface area (TPSA) is 71.5 Å². The van der Waals surface area contributed by atoms with Gasteiger partial charge in [-0.1, -0.05) is 18.2 Å². The number of aromatic nitrogens is 1. The Bertz CT molecular complexity index is 553. The molecule has 0 radical (unpaired) electrons. The van der Waals surface area contributed by atoms with E-state index in [4.69, 9.17) is 9.84 Å². The molecule has 2 N–H and O–H groups in total. The summed E-state index contributed by atoms with van der Waals surface area (Å²) in [7, 11) is 0. The van der Waals surface area contributed by atoms with Gasteiger partial charge in [-0.05, 0) is 25.1 Å². The Morgan fingerprint density at radius 2 is 2.05 bits per heavy atom. The van der Waals surface area contributed by atoms with Gasteiger partial charge in [-0.3, -0.25) is 4.79 Å². The number of nitrogens with one attached hydrogen (secondary N) is 1. The van der Waals surface area contributed by atoms with Crippen molar-refractivity contribution in [1.29, 1.82) is 0 Å². The fraction of sp³-hybridized carbons (Fsp3) is 0.200. The van der Waals surface area contributed by atoms with Crippen molar-refractivity contribution in [3.8, 4) is 11.6 Å². The van der Waals surface area contributed by atoms with E-state index in [-0.39, 0.29) is 12.5 Å². The Balaban J connectivity index is 1.97. The molecule has 1 unspecified atom stereocenters. The van der Waals surface area contributed by atoms with Gasteiger partial charge in [0.05, 0.1) is 11.7 Å². The molecule has 5 nitrogen and oxygen atoms in total. The summed E-state index contributed by atoms with van der Waals surface area (Å²) in [5.74, 6) is 0.833. The minimum absolute atomic E-state index is 0.209. The smallest absolute Gasteiger partial charge is 0.252 e. The van der Waals surface area contributed by atoms with Crippen molar-refractivity contribution in [1.82, 2.24) is 10.3 Å². The average molecular weight is 272 g/mol. The normalized spacial score (nSPS) is 11.7. The van der Waals surface area contributed by atoms with E-state index in [1.807, 2.05) is 30.3 Å². The number of amides is 1. The molecule has 0 saturated heterocycles. The standard InChI is InChI=1S/C15H16N2O3/c1-11(18)9-17-15(19)12-7-8-14(16-10-12)20-13-5-3-2-4-6-13/h2-8,10-11,18H,9H2,1H3,(H,17,19). The van der Waals surface area contributed by atoms with Gasteiger partial charge in [0.2, 0.25) is 5.88 Å². The summed E-state index contributed by atoms with van der Waals surface area (Å²) in [4.78, 5) is 15.8. The molecule has 5 heteroatoms. The Labute approximate surface area is 117 Å². The van der Waals surface area contributed by atoms with E-state index in [1.54, 1.807) is 19.1 Å². The number of carbonyl (C=O) groups is 1. The summed E-state index contributed by atoms with van der Waals surface area (Å²) in [5.41, 5.74) is 0.422. The van der Waals surface area contributed by atoms with Crippen LogP contribution in [0, 0.1) is 0 Å². The van der Waals surface area contributed by atoms with E-state index in [0.29, 0.717) is 17.2 Å². The number of para-hydroxylation sites is 1. The Morgan fingerprint density at radius 1 is 1.30 bits per heavy atom. The molecule has 2 rings (SSSR count). The van der Waals surface area contributed by atoms with Crippen molar-refractivity contribution < 1.29 is 14.6 Å². The molecule has 0 aliphatic rings. The number of rotatable bonds is 5. The van der Waals surface area contributed by atoms with E-state index in [0.717, 1.165) is 0 Å². The van der Waals surface area contributed by atoms with E-state index >= 15 is 0 Å². The van der Waals surface area contributed by atoms with Crippen LogP contribution in [0.4, 0.5) is 0 Å². The SMILES string of the molecule is CC(O)CNC(=O)c1ccc(Oc2ccccc2)nc1. The predicted molar refractivity (Wildman–Crippen MR) is 74.8 cm³/mol. The molecule has 20 heavy (non-hydrogen) atoms. The van der Waals surface area contributed by atoms with Gasteiger partial charge in [0.1, 0.15) is 5.75 Å². The van der Waals surface area contributed by atoms with Crippen molar-refractivity contribution in [2.24, 2.45) is 0 Å². The van der Waals surface area contributed by atoms with Crippen molar-refractivity contribution >= 4 is 5.91 Å². The second kappa shape index (κ2) is 6.68. The van der Waals surface area contributed by atoms with Gasteiger partial charge in [-0.2, -0.15) is 0 Å². The first-order valence-corrected chi connectivity index (χ1v) is 6.30. The first-order chi connectivity index (χ1) is 9.65. The Kier molecular flexibility index (Phi) is 4.68.